The quantitative estimate of drug-likeness (QED) is 0.245. The van der Waals surface area contributed by atoms with Gasteiger partial charge in [-0.05, 0) is 30.3 Å². The number of nitrogens with zero attached hydrogens (tertiary/aromatic N) is 2. The topological polar surface area (TPSA) is 125 Å². The van der Waals surface area contributed by atoms with Gasteiger partial charge in [0.25, 0.3) is 17.5 Å². The Labute approximate surface area is 192 Å². The van der Waals surface area contributed by atoms with E-state index in [1.807, 2.05) is 0 Å². The lowest BCUT2D eigenvalue weighted by Crippen LogP contribution is -2.29. The van der Waals surface area contributed by atoms with Crippen molar-refractivity contribution < 1.29 is 33.5 Å². The standard InChI is InChI=1S/C24H16N2O8/c27-22-19-6-1-2-7-20(19)23(28)25(22)17-5-3-4-14(8-17)24(29)33-12-16-10-18(26(30)31)9-15-11-32-13-34-21(15)16/h1-10H,11-13H2. The van der Waals surface area contributed by atoms with Crippen LogP contribution in [0.1, 0.15) is 42.2 Å². The van der Waals surface area contributed by atoms with Crippen molar-refractivity contribution in [3.63, 3.8) is 0 Å². The number of carbonyl (C=O) groups excluding carboxylic acids is 3. The predicted octanol–water partition coefficient (Wildman–Crippen LogP) is 3.62. The van der Waals surface area contributed by atoms with Gasteiger partial charge in [0.05, 0.1) is 33.9 Å². The van der Waals surface area contributed by atoms with E-state index in [-0.39, 0.29) is 36.9 Å². The van der Waals surface area contributed by atoms with E-state index >= 15 is 0 Å². The number of ether oxygens (including phenoxy) is 3. The second-order valence-corrected chi connectivity index (χ2v) is 7.58. The highest BCUT2D eigenvalue weighted by molar-refractivity contribution is 6.34. The summed E-state index contributed by atoms with van der Waals surface area (Å²) in [7, 11) is 0. The fourth-order valence-corrected chi connectivity index (χ4v) is 3.92. The Morgan fingerprint density at radius 3 is 2.47 bits per heavy atom. The van der Waals surface area contributed by atoms with Crippen molar-refractivity contribution in [3.05, 3.63) is 98.6 Å². The van der Waals surface area contributed by atoms with Crippen LogP contribution in [0.25, 0.3) is 0 Å². The second kappa shape index (κ2) is 8.41. The number of fused-ring (bicyclic) bond motifs is 2. The zero-order valence-corrected chi connectivity index (χ0v) is 17.6. The first-order valence-electron chi connectivity index (χ1n) is 10.2. The van der Waals surface area contributed by atoms with Crippen molar-refractivity contribution in [2.75, 3.05) is 11.7 Å². The normalized spacial score (nSPS) is 14.3. The van der Waals surface area contributed by atoms with Crippen molar-refractivity contribution in [2.45, 2.75) is 13.2 Å². The number of anilines is 1. The number of benzene rings is 3. The summed E-state index contributed by atoms with van der Waals surface area (Å²) >= 11 is 0. The van der Waals surface area contributed by atoms with Crippen LogP contribution in [0.3, 0.4) is 0 Å². The monoisotopic (exact) mass is 460 g/mol. The summed E-state index contributed by atoms with van der Waals surface area (Å²) in [5, 5.41) is 11.3. The molecule has 0 N–H and O–H groups in total. The number of carbonyl (C=O) groups is 3. The Kier molecular flexibility index (Phi) is 5.27. The Balaban J connectivity index is 1.37. The van der Waals surface area contributed by atoms with Gasteiger partial charge in [0.15, 0.2) is 6.79 Å². The lowest BCUT2D eigenvalue weighted by molar-refractivity contribution is -0.385. The van der Waals surface area contributed by atoms with Crippen LogP contribution in [0, 0.1) is 10.1 Å². The molecule has 0 saturated carbocycles. The fraction of sp³-hybridized carbons (Fsp3) is 0.125. The SMILES string of the molecule is O=C(OCc1cc([N+](=O)[O-])cc2c1OCOC2)c1cccc(N2C(=O)c3ccccc3C2=O)c1. The number of rotatable bonds is 5. The highest BCUT2D eigenvalue weighted by Crippen LogP contribution is 2.33. The van der Waals surface area contributed by atoms with Gasteiger partial charge in [-0.3, -0.25) is 19.7 Å². The van der Waals surface area contributed by atoms with Crippen LogP contribution in [0.15, 0.2) is 60.7 Å². The van der Waals surface area contributed by atoms with Crippen LogP contribution in [-0.2, 0) is 22.7 Å². The molecule has 0 aliphatic carbocycles. The number of amides is 2. The summed E-state index contributed by atoms with van der Waals surface area (Å²) in [5.41, 5.74) is 1.56. The molecule has 10 heteroatoms. The maximum atomic E-state index is 12.7. The van der Waals surface area contributed by atoms with E-state index in [1.165, 1.54) is 30.3 Å². The number of nitro benzene ring substituents is 1. The summed E-state index contributed by atoms with van der Waals surface area (Å²) in [6, 6.07) is 15.1. The van der Waals surface area contributed by atoms with Crippen LogP contribution in [-0.4, -0.2) is 29.5 Å². The molecule has 2 amide bonds. The molecule has 5 rings (SSSR count). The van der Waals surface area contributed by atoms with E-state index in [9.17, 15) is 24.5 Å². The molecule has 0 saturated heterocycles. The molecule has 0 spiro atoms. The second-order valence-electron chi connectivity index (χ2n) is 7.58. The number of hydrogen-bond donors (Lipinski definition) is 0. The predicted molar refractivity (Wildman–Crippen MR) is 117 cm³/mol. The molecule has 0 unspecified atom stereocenters. The highest BCUT2D eigenvalue weighted by atomic mass is 16.7. The molecule has 0 bridgehead atoms. The van der Waals surface area contributed by atoms with Gasteiger partial charge in [0, 0.05) is 23.3 Å². The van der Waals surface area contributed by atoms with Gasteiger partial charge < -0.3 is 14.2 Å². The van der Waals surface area contributed by atoms with Crippen molar-refractivity contribution in [3.8, 4) is 5.75 Å². The molecular weight excluding hydrogens is 444 g/mol. The van der Waals surface area contributed by atoms with Gasteiger partial charge in [0.2, 0.25) is 0 Å². The van der Waals surface area contributed by atoms with Crippen LogP contribution in [0.2, 0.25) is 0 Å². The first-order chi connectivity index (χ1) is 16.4. The highest BCUT2D eigenvalue weighted by Gasteiger charge is 2.36. The molecule has 2 heterocycles. The number of non-ortho nitro benzene ring substituents is 1. The van der Waals surface area contributed by atoms with Crippen molar-refractivity contribution in [1.82, 2.24) is 0 Å². The van der Waals surface area contributed by atoms with E-state index in [1.54, 1.807) is 30.3 Å². The maximum Gasteiger partial charge on any atom is 0.338 e. The van der Waals surface area contributed by atoms with E-state index in [2.05, 4.69) is 0 Å². The third kappa shape index (κ3) is 3.65. The third-order valence-corrected chi connectivity index (χ3v) is 5.48. The molecule has 170 valence electrons. The molecule has 2 aliphatic heterocycles. The average Bonchev–Trinajstić information content (AvgIpc) is 3.12. The minimum Gasteiger partial charge on any atom is -0.467 e. The molecule has 0 fully saturated rings. The van der Waals surface area contributed by atoms with Crippen LogP contribution in [0.5, 0.6) is 5.75 Å². The van der Waals surface area contributed by atoms with Gasteiger partial charge in [-0.25, -0.2) is 9.69 Å². The first kappa shape index (κ1) is 21.3. The molecule has 0 radical (unpaired) electrons. The average molecular weight is 460 g/mol. The third-order valence-electron chi connectivity index (χ3n) is 5.48. The lowest BCUT2D eigenvalue weighted by atomic mass is 10.1. The Bertz CT molecular complexity index is 1330. The van der Waals surface area contributed by atoms with Gasteiger partial charge in [0.1, 0.15) is 12.4 Å². The van der Waals surface area contributed by atoms with E-state index in [0.717, 1.165) is 4.90 Å². The summed E-state index contributed by atoms with van der Waals surface area (Å²) in [4.78, 5) is 49.9. The van der Waals surface area contributed by atoms with Gasteiger partial charge >= 0.3 is 5.97 Å². The van der Waals surface area contributed by atoms with E-state index in [0.29, 0.717) is 28.0 Å². The number of imide groups is 1. The molecule has 34 heavy (non-hydrogen) atoms. The van der Waals surface area contributed by atoms with Crippen LogP contribution < -0.4 is 9.64 Å². The Morgan fingerprint density at radius 1 is 1.03 bits per heavy atom. The summed E-state index contributed by atoms with van der Waals surface area (Å²) in [5.74, 6) is -1.31. The number of hydrogen-bond acceptors (Lipinski definition) is 8. The maximum absolute atomic E-state index is 12.7. The van der Waals surface area contributed by atoms with Gasteiger partial charge in [-0.1, -0.05) is 18.2 Å². The molecule has 3 aromatic rings. The fourth-order valence-electron chi connectivity index (χ4n) is 3.92. The molecule has 0 atom stereocenters. The largest absolute Gasteiger partial charge is 0.467 e. The summed E-state index contributed by atoms with van der Waals surface area (Å²) < 4.78 is 16.0. The summed E-state index contributed by atoms with van der Waals surface area (Å²) in [6.45, 7) is -0.158. The zero-order valence-electron chi connectivity index (χ0n) is 17.6. The zero-order chi connectivity index (χ0) is 23.8. The van der Waals surface area contributed by atoms with E-state index in [4.69, 9.17) is 14.2 Å². The summed E-state index contributed by atoms with van der Waals surface area (Å²) in [6.07, 6.45) is 0. The molecule has 0 aromatic heterocycles. The molecule has 10 nitrogen and oxygen atoms in total. The van der Waals surface area contributed by atoms with Gasteiger partial charge in [-0.2, -0.15) is 0 Å². The number of esters is 1. The van der Waals surface area contributed by atoms with Crippen molar-refractivity contribution >= 4 is 29.2 Å². The lowest BCUT2D eigenvalue weighted by Gasteiger charge is -2.20. The van der Waals surface area contributed by atoms with Crippen molar-refractivity contribution in [1.29, 1.82) is 0 Å². The molecule has 3 aromatic carbocycles. The van der Waals surface area contributed by atoms with Crippen LogP contribution in [0.4, 0.5) is 11.4 Å². The molecular formula is C24H16N2O8. The minimum absolute atomic E-state index is 0.0198. The van der Waals surface area contributed by atoms with Crippen LogP contribution >= 0.6 is 0 Å². The van der Waals surface area contributed by atoms with Crippen molar-refractivity contribution in [2.24, 2.45) is 0 Å². The number of nitro groups is 1. The Morgan fingerprint density at radius 2 is 1.76 bits per heavy atom. The van der Waals surface area contributed by atoms with Gasteiger partial charge in [-0.15, -0.1) is 0 Å². The Hall–Kier alpha value is -4.57. The van der Waals surface area contributed by atoms with E-state index < -0.39 is 22.7 Å². The smallest absolute Gasteiger partial charge is 0.338 e. The molecule has 2 aliphatic rings. The minimum atomic E-state index is -0.731. The first-order valence-corrected chi connectivity index (χ1v) is 10.2.